The number of nitrogens with zero attached hydrogens (tertiary/aromatic N) is 4. The van der Waals surface area contributed by atoms with Crippen molar-refractivity contribution in [2.75, 3.05) is 24.2 Å². The van der Waals surface area contributed by atoms with Crippen LogP contribution in [-0.2, 0) is 13.5 Å². The van der Waals surface area contributed by atoms with Gasteiger partial charge >= 0.3 is 0 Å². The van der Waals surface area contributed by atoms with Gasteiger partial charge in [0.1, 0.15) is 10.6 Å². The van der Waals surface area contributed by atoms with Crippen LogP contribution in [0.15, 0.2) is 18.3 Å². The van der Waals surface area contributed by atoms with Gasteiger partial charge < -0.3 is 10.6 Å². The van der Waals surface area contributed by atoms with Crippen molar-refractivity contribution in [1.29, 1.82) is 0 Å². The lowest BCUT2D eigenvalue weighted by Gasteiger charge is -2.07. The summed E-state index contributed by atoms with van der Waals surface area (Å²) in [5.74, 6) is 1.52. The number of fused-ring (bicyclic) bond motifs is 1. The van der Waals surface area contributed by atoms with Gasteiger partial charge in [0, 0.05) is 38.1 Å². The van der Waals surface area contributed by atoms with E-state index < -0.39 is 0 Å². The highest BCUT2D eigenvalue weighted by atomic mass is 32.1. The Morgan fingerprint density at radius 2 is 2.19 bits per heavy atom. The second-order valence-corrected chi connectivity index (χ2v) is 6.11. The number of nitrogens with one attached hydrogen (secondary N) is 2. The Morgan fingerprint density at radius 1 is 1.33 bits per heavy atom. The minimum absolute atomic E-state index is 0.643. The van der Waals surface area contributed by atoms with Crippen molar-refractivity contribution in [3.05, 3.63) is 28.9 Å². The molecule has 6 nitrogen and oxygen atoms in total. The third-order valence-corrected chi connectivity index (χ3v) is 4.13. The van der Waals surface area contributed by atoms with Crippen LogP contribution < -0.4 is 10.6 Å². The fourth-order valence-corrected chi connectivity index (χ4v) is 3.07. The van der Waals surface area contributed by atoms with Crippen LogP contribution in [-0.4, -0.2) is 33.3 Å². The number of thiophene rings is 1. The molecule has 0 aliphatic carbocycles. The minimum Gasteiger partial charge on any atom is -0.369 e. The molecule has 21 heavy (non-hydrogen) atoms. The monoisotopic (exact) mass is 302 g/mol. The number of anilines is 2. The smallest absolute Gasteiger partial charge is 0.225 e. The fraction of sp³-hybridized carbons (Fsp3) is 0.357. The van der Waals surface area contributed by atoms with Crippen molar-refractivity contribution in [3.8, 4) is 0 Å². The van der Waals surface area contributed by atoms with E-state index in [0.29, 0.717) is 5.95 Å². The molecule has 0 fully saturated rings. The van der Waals surface area contributed by atoms with Crippen molar-refractivity contribution < 1.29 is 0 Å². The van der Waals surface area contributed by atoms with Gasteiger partial charge in [0.05, 0.1) is 11.1 Å². The number of rotatable bonds is 5. The molecular weight excluding hydrogens is 284 g/mol. The Morgan fingerprint density at radius 3 is 2.90 bits per heavy atom. The summed E-state index contributed by atoms with van der Waals surface area (Å²) < 4.78 is 1.82. The molecule has 0 aromatic carbocycles. The standard InChI is InChI=1S/C14H18N6S/c1-9-8-11-12(17-14(15-2)18-13(11)21-9)16-6-4-10-5-7-20(3)19-10/h5,7-8H,4,6H2,1-3H3,(H2,15,16,17,18). The zero-order valence-corrected chi connectivity index (χ0v) is 13.2. The van der Waals surface area contributed by atoms with Crippen molar-refractivity contribution in [2.45, 2.75) is 13.3 Å². The maximum atomic E-state index is 4.52. The highest BCUT2D eigenvalue weighted by Gasteiger charge is 2.09. The average molecular weight is 302 g/mol. The van der Waals surface area contributed by atoms with E-state index in [1.54, 1.807) is 11.3 Å². The summed E-state index contributed by atoms with van der Waals surface area (Å²) in [6.45, 7) is 2.88. The number of aryl methyl sites for hydroxylation is 2. The van der Waals surface area contributed by atoms with Crippen LogP contribution in [0.1, 0.15) is 10.6 Å². The zero-order chi connectivity index (χ0) is 14.8. The van der Waals surface area contributed by atoms with Gasteiger partial charge in [0.2, 0.25) is 5.95 Å². The van der Waals surface area contributed by atoms with E-state index in [1.165, 1.54) is 4.88 Å². The zero-order valence-electron chi connectivity index (χ0n) is 12.3. The summed E-state index contributed by atoms with van der Waals surface area (Å²) in [6, 6.07) is 4.16. The minimum atomic E-state index is 0.643. The first-order valence-electron chi connectivity index (χ1n) is 6.84. The molecule has 0 aliphatic heterocycles. The third kappa shape index (κ3) is 2.97. The highest BCUT2D eigenvalue weighted by molar-refractivity contribution is 7.18. The Hall–Kier alpha value is -2.15. The third-order valence-electron chi connectivity index (χ3n) is 3.18. The van der Waals surface area contributed by atoms with Crippen molar-refractivity contribution in [1.82, 2.24) is 19.7 Å². The van der Waals surface area contributed by atoms with Crippen LogP contribution in [0, 0.1) is 6.92 Å². The molecule has 7 heteroatoms. The maximum Gasteiger partial charge on any atom is 0.225 e. The summed E-state index contributed by atoms with van der Waals surface area (Å²) in [4.78, 5) is 11.2. The lowest BCUT2D eigenvalue weighted by atomic mass is 10.3. The quantitative estimate of drug-likeness (QED) is 0.757. The summed E-state index contributed by atoms with van der Waals surface area (Å²) in [7, 11) is 3.76. The Bertz CT molecular complexity index is 760. The van der Waals surface area contributed by atoms with Gasteiger partial charge in [-0.1, -0.05) is 0 Å². The molecule has 0 radical (unpaired) electrons. The summed E-state index contributed by atoms with van der Waals surface area (Å²) >= 11 is 1.68. The first-order chi connectivity index (χ1) is 10.2. The van der Waals surface area contributed by atoms with E-state index in [4.69, 9.17) is 0 Å². The Kier molecular flexibility index (Phi) is 3.74. The van der Waals surface area contributed by atoms with Gasteiger partial charge in [-0.3, -0.25) is 4.68 Å². The average Bonchev–Trinajstić information content (AvgIpc) is 3.03. The van der Waals surface area contributed by atoms with Crippen LogP contribution >= 0.6 is 11.3 Å². The molecule has 0 saturated carbocycles. The first-order valence-corrected chi connectivity index (χ1v) is 7.65. The second-order valence-electron chi connectivity index (χ2n) is 4.88. The van der Waals surface area contributed by atoms with Gasteiger partial charge in [-0.05, 0) is 19.1 Å². The van der Waals surface area contributed by atoms with Gasteiger partial charge in [-0.15, -0.1) is 11.3 Å². The van der Waals surface area contributed by atoms with E-state index in [0.717, 1.165) is 34.7 Å². The van der Waals surface area contributed by atoms with Gasteiger partial charge in [-0.2, -0.15) is 10.1 Å². The molecule has 0 atom stereocenters. The van der Waals surface area contributed by atoms with E-state index in [1.807, 2.05) is 31.0 Å². The summed E-state index contributed by atoms with van der Waals surface area (Å²) in [5.41, 5.74) is 1.07. The second kappa shape index (κ2) is 5.69. The first kappa shape index (κ1) is 13.8. The lowest BCUT2D eigenvalue weighted by Crippen LogP contribution is -2.09. The van der Waals surface area contributed by atoms with Gasteiger partial charge in [0.25, 0.3) is 0 Å². The van der Waals surface area contributed by atoms with Crippen LogP contribution in [0.3, 0.4) is 0 Å². The lowest BCUT2D eigenvalue weighted by molar-refractivity contribution is 0.742. The van der Waals surface area contributed by atoms with E-state index in [2.05, 4.69) is 38.7 Å². The van der Waals surface area contributed by atoms with E-state index in [-0.39, 0.29) is 0 Å². The van der Waals surface area contributed by atoms with Crippen molar-refractivity contribution in [2.24, 2.45) is 7.05 Å². The predicted octanol–water partition coefficient (Wildman–Crippen LogP) is 2.43. The van der Waals surface area contributed by atoms with Crippen molar-refractivity contribution in [3.63, 3.8) is 0 Å². The Balaban J connectivity index is 1.78. The highest BCUT2D eigenvalue weighted by Crippen LogP contribution is 2.29. The normalized spacial score (nSPS) is 11.0. The fourth-order valence-electron chi connectivity index (χ4n) is 2.19. The van der Waals surface area contributed by atoms with E-state index >= 15 is 0 Å². The molecule has 3 rings (SSSR count). The molecule has 0 aliphatic rings. The molecule has 3 heterocycles. The number of hydrogen-bond acceptors (Lipinski definition) is 6. The molecule has 3 aromatic heterocycles. The molecule has 0 spiro atoms. The van der Waals surface area contributed by atoms with Gasteiger partial charge in [0.15, 0.2) is 0 Å². The topological polar surface area (TPSA) is 67.7 Å². The molecular formula is C14H18N6S. The van der Waals surface area contributed by atoms with Crippen molar-refractivity contribution >= 4 is 33.3 Å². The van der Waals surface area contributed by atoms with Crippen LogP contribution in [0.4, 0.5) is 11.8 Å². The largest absolute Gasteiger partial charge is 0.369 e. The molecule has 0 amide bonds. The number of hydrogen-bond donors (Lipinski definition) is 2. The SMILES string of the molecule is CNc1nc(NCCc2ccn(C)n2)c2cc(C)sc2n1. The van der Waals surface area contributed by atoms with E-state index in [9.17, 15) is 0 Å². The Labute approximate surface area is 127 Å². The molecule has 0 bridgehead atoms. The predicted molar refractivity (Wildman–Crippen MR) is 87.1 cm³/mol. The molecule has 0 unspecified atom stereocenters. The molecule has 3 aromatic rings. The van der Waals surface area contributed by atoms with Crippen LogP contribution in [0.5, 0.6) is 0 Å². The molecule has 2 N–H and O–H groups in total. The summed E-state index contributed by atoms with van der Waals surface area (Å²) in [5, 5.41) is 11.9. The van der Waals surface area contributed by atoms with Gasteiger partial charge in [-0.25, -0.2) is 4.98 Å². The number of aromatic nitrogens is 4. The van der Waals surface area contributed by atoms with Crippen LogP contribution in [0.2, 0.25) is 0 Å². The molecule has 110 valence electrons. The summed E-state index contributed by atoms with van der Waals surface area (Å²) in [6.07, 6.45) is 2.82. The van der Waals surface area contributed by atoms with Crippen LogP contribution in [0.25, 0.3) is 10.2 Å². The maximum absolute atomic E-state index is 4.52. The molecule has 0 saturated heterocycles.